The first-order chi connectivity index (χ1) is 18.8. The Balaban J connectivity index is 1.50. The normalized spacial score (nSPS) is 14.8. The van der Waals surface area contributed by atoms with E-state index in [1.165, 1.54) is 0 Å². The third kappa shape index (κ3) is 6.81. The van der Waals surface area contributed by atoms with Crippen LogP contribution >= 0.6 is 11.8 Å². The van der Waals surface area contributed by atoms with Gasteiger partial charge in [0.2, 0.25) is 11.8 Å². The molecule has 39 heavy (non-hydrogen) atoms. The van der Waals surface area contributed by atoms with Gasteiger partial charge in [-0.15, -0.1) is 0 Å². The van der Waals surface area contributed by atoms with Crippen LogP contribution in [0.2, 0.25) is 0 Å². The number of nitrogens with zero attached hydrogens (tertiary/aromatic N) is 1. The number of amides is 2. The van der Waals surface area contributed by atoms with E-state index < -0.39 is 5.92 Å². The first-order valence-electron chi connectivity index (χ1n) is 12.6. The summed E-state index contributed by atoms with van der Waals surface area (Å²) < 4.78 is 11.5. The Bertz CT molecular complexity index is 1440. The molecule has 0 radical (unpaired) electrons. The van der Waals surface area contributed by atoms with E-state index in [0.29, 0.717) is 28.7 Å². The summed E-state index contributed by atoms with van der Waals surface area (Å²) in [6.07, 6.45) is 0.119. The minimum Gasteiger partial charge on any atom is -0.493 e. The average Bonchev–Trinajstić information content (AvgIpc) is 2.92. The lowest BCUT2D eigenvalue weighted by Crippen LogP contribution is -2.31. The lowest BCUT2D eigenvalue weighted by molar-refractivity contribution is -0.121. The number of carbonyl (C=O) groups is 2. The van der Waals surface area contributed by atoms with Crippen molar-refractivity contribution in [2.24, 2.45) is 0 Å². The van der Waals surface area contributed by atoms with E-state index in [1.807, 2.05) is 69.3 Å². The largest absolute Gasteiger partial charge is 0.493 e. The Hall–Kier alpha value is -4.22. The molecule has 1 aliphatic heterocycles. The quantitative estimate of drug-likeness (QED) is 0.349. The monoisotopic (exact) mass is 541 g/mol. The fraction of sp³-hybridized carbons (Fsp3) is 0.258. The predicted octanol–water partition coefficient (Wildman–Crippen LogP) is 5.91. The summed E-state index contributed by atoms with van der Waals surface area (Å²) in [7, 11) is 1.56. The summed E-state index contributed by atoms with van der Waals surface area (Å²) >= 11 is 1.15. The van der Waals surface area contributed by atoms with E-state index in [4.69, 9.17) is 9.47 Å². The van der Waals surface area contributed by atoms with Crippen molar-refractivity contribution in [3.05, 3.63) is 99.1 Å². The zero-order valence-corrected chi connectivity index (χ0v) is 23.3. The molecule has 0 unspecified atom stereocenters. The number of hydrogen-bond acceptors (Lipinski definition) is 6. The van der Waals surface area contributed by atoms with Crippen LogP contribution in [0.1, 0.15) is 40.2 Å². The molecule has 3 aromatic rings. The molecular formula is C31H31N3O4S. The molecule has 8 heteroatoms. The number of ether oxygens (including phenoxy) is 2. The van der Waals surface area contributed by atoms with Gasteiger partial charge in [0, 0.05) is 18.0 Å². The maximum absolute atomic E-state index is 12.8. The fourth-order valence-corrected chi connectivity index (χ4v) is 5.54. The van der Waals surface area contributed by atoms with Gasteiger partial charge in [-0.05, 0) is 55.2 Å². The molecule has 1 atom stereocenters. The highest BCUT2D eigenvalue weighted by atomic mass is 32.2. The molecular weight excluding hydrogens is 510 g/mol. The maximum Gasteiger partial charge on any atom is 0.234 e. The highest BCUT2D eigenvalue weighted by Crippen LogP contribution is 2.39. The van der Waals surface area contributed by atoms with Gasteiger partial charge in [0.15, 0.2) is 11.5 Å². The number of thioether (sulfide) groups is 1. The van der Waals surface area contributed by atoms with Gasteiger partial charge in [0.05, 0.1) is 29.5 Å². The molecule has 0 aromatic heterocycles. The molecule has 0 saturated carbocycles. The van der Waals surface area contributed by atoms with Gasteiger partial charge in [-0.25, -0.2) is 0 Å². The van der Waals surface area contributed by atoms with Crippen molar-refractivity contribution in [3.63, 3.8) is 0 Å². The molecule has 0 aliphatic carbocycles. The highest BCUT2D eigenvalue weighted by molar-refractivity contribution is 8.03. The topological polar surface area (TPSA) is 100 Å². The standard InChI is InChI=1S/C31H31N3O4S/c1-19-12-20(2)30(21(3)13-19)33-29(36)18-39-31-25(16-32)24(15-28(35)34-31)23-10-11-26(27(14-23)37-4)38-17-22-8-6-5-7-9-22/h5-14,24H,15,17-18H2,1-4H3,(H,33,36)(H,34,35)/t24-/m0/s1. The summed E-state index contributed by atoms with van der Waals surface area (Å²) in [4.78, 5) is 25.4. The summed E-state index contributed by atoms with van der Waals surface area (Å²) in [6.45, 7) is 6.31. The second-order valence-corrected chi connectivity index (χ2v) is 10.4. The van der Waals surface area contributed by atoms with Gasteiger partial charge >= 0.3 is 0 Å². The SMILES string of the molecule is COc1cc([C@@H]2CC(=O)NC(SCC(=O)Nc3c(C)cc(C)cc3C)=C2C#N)ccc1OCc1ccccc1. The Morgan fingerprint density at radius 3 is 2.46 bits per heavy atom. The summed E-state index contributed by atoms with van der Waals surface area (Å²) in [5.74, 6) is 0.252. The van der Waals surface area contributed by atoms with Crippen LogP contribution in [0, 0.1) is 32.1 Å². The Kier molecular flexibility index (Phi) is 8.95. The number of allylic oxidation sites excluding steroid dienone is 1. The smallest absolute Gasteiger partial charge is 0.234 e. The molecule has 7 nitrogen and oxygen atoms in total. The van der Waals surface area contributed by atoms with Gasteiger partial charge in [0.1, 0.15) is 6.61 Å². The average molecular weight is 542 g/mol. The van der Waals surface area contributed by atoms with Crippen LogP contribution in [0.5, 0.6) is 11.5 Å². The zero-order chi connectivity index (χ0) is 27.9. The summed E-state index contributed by atoms with van der Waals surface area (Å²) in [6, 6.07) is 21.6. The van der Waals surface area contributed by atoms with Crippen molar-refractivity contribution in [2.75, 3.05) is 18.2 Å². The Labute approximate surface area is 233 Å². The van der Waals surface area contributed by atoms with Gasteiger partial charge < -0.3 is 20.1 Å². The van der Waals surface area contributed by atoms with E-state index >= 15 is 0 Å². The molecule has 1 aliphatic rings. The lowest BCUT2D eigenvalue weighted by atomic mass is 9.87. The first kappa shape index (κ1) is 27.8. The number of hydrogen-bond donors (Lipinski definition) is 2. The molecule has 3 aromatic carbocycles. The predicted molar refractivity (Wildman–Crippen MR) is 154 cm³/mol. The minimum absolute atomic E-state index is 0.0514. The van der Waals surface area contributed by atoms with Crippen LogP contribution in [0.15, 0.2) is 71.3 Å². The van der Waals surface area contributed by atoms with Crippen LogP contribution in [0.4, 0.5) is 5.69 Å². The first-order valence-corrected chi connectivity index (χ1v) is 13.6. The van der Waals surface area contributed by atoms with Crippen LogP contribution in [0.3, 0.4) is 0 Å². The van der Waals surface area contributed by atoms with Crippen molar-refractivity contribution in [2.45, 2.75) is 39.7 Å². The Morgan fingerprint density at radius 1 is 1.08 bits per heavy atom. The van der Waals surface area contributed by atoms with Crippen LogP contribution in [-0.4, -0.2) is 24.7 Å². The minimum atomic E-state index is -0.465. The van der Waals surface area contributed by atoms with Crippen molar-refractivity contribution in [3.8, 4) is 17.6 Å². The molecule has 200 valence electrons. The second-order valence-electron chi connectivity index (χ2n) is 9.45. The van der Waals surface area contributed by atoms with E-state index in [2.05, 4.69) is 16.7 Å². The summed E-state index contributed by atoms with van der Waals surface area (Å²) in [5, 5.41) is 16.2. The number of nitrogens with one attached hydrogen (secondary N) is 2. The highest BCUT2D eigenvalue weighted by Gasteiger charge is 2.30. The van der Waals surface area contributed by atoms with Crippen molar-refractivity contribution < 1.29 is 19.1 Å². The number of carbonyl (C=O) groups excluding carboxylic acids is 2. The Morgan fingerprint density at radius 2 is 1.79 bits per heavy atom. The molecule has 0 saturated heterocycles. The number of benzene rings is 3. The van der Waals surface area contributed by atoms with E-state index in [0.717, 1.165) is 45.3 Å². The third-order valence-corrected chi connectivity index (χ3v) is 7.49. The van der Waals surface area contributed by atoms with Gasteiger partial charge in [-0.1, -0.05) is 65.9 Å². The van der Waals surface area contributed by atoms with E-state index in [-0.39, 0.29) is 24.0 Å². The molecule has 2 N–H and O–H groups in total. The molecule has 0 bridgehead atoms. The number of methoxy groups -OCH3 is 1. The van der Waals surface area contributed by atoms with Crippen molar-refractivity contribution in [1.82, 2.24) is 5.32 Å². The third-order valence-electron chi connectivity index (χ3n) is 6.47. The number of aryl methyl sites for hydroxylation is 3. The van der Waals surface area contributed by atoms with Gasteiger partial charge in [0.25, 0.3) is 0 Å². The second kappa shape index (κ2) is 12.5. The maximum atomic E-state index is 12.8. The lowest BCUT2D eigenvalue weighted by Gasteiger charge is -2.25. The van der Waals surface area contributed by atoms with Gasteiger partial charge in [-0.3, -0.25) is 9.59 Å². The number of anilines is 1. The van der Waals surface area contributed by atoms with Crippen LogP contribution in [0.25, 0.3) is 0 Å². The molecule has 2 amide bonds. The molecule has 0 spiro atoms. The van der Waals surface area contributed by atoms with Gasteiger partial charge in [-0.2, -0.15) is 5.26 Å². The van der Waals surface area contributed by atoms with Crippen LogP contribution in [-0.2, 0) is 16.2 Å². The fourth-order valence-electron chi connectivity index (χ4n) is 4.66. The van der Waals surface area contributed by atoms with E-state index in [1.54, 1.807) is 19.2 Å². The molecule has 0 fully saturated rings. The summed E-state index contributed by atoms with van der Waals surface area (Å²) in [5.41, 5.74) is 6.09. The number of rotatable bonds is 9. The van der Waals surface area contributed by atoms with Crippen LogP contribution < -0.4 is 20.1 Å². The molecule has 1 heterocycles. The number of nitriles is 1. The zero-order valence-electron chi connectivity index (χ0n) is 22.5. The van der Waals surface area contributed by atoms with Crippen molar-refractivity contribution in [1.29, 1.82) is 5.26 Å². The molecule has 4 rings (SSSR count). The van der Waals surface area contributed by atoms with E-state index in [9.17, 15) is 14.9 Å². The van der Waals surface area contributed by atoms with Crippen molar-refractivity contribution >= 4 is 29.3 Å².